The third-order valence-corrected chi connectivity index (χ3v) is 5.16. The van der Waals surface area contributed by atoms with Crippen LogP contribution in [0.1, 0.15) is 11.1 Å². The van der Waals surface area contributed by atoms with Crippen molar-refractivity contribution in [2.24, 2.45) is 0 Å². The summed E-state index contributed by atoms with van der Waals surface area (Å²) < 4.78 is 43.1. The zero-order valence-corrected chi connectivity index (χ0v) is 15.6. The van der Waals surface area contributed by atoms with Crippen molar-refractivity contribution >= 4 is 17.3 Å². The molecule has 0 aliphatic rings. The van der Waals surface area contributed by atoms with E-state index in [2.05, 4.69) is 15.2 Å². The second kappa shape index (κ2) is 7.24. The molecule has 0 saturated heterocycles. The molecule has 1 aromatic carbocycles. The summed E-state index contributed by atoms with van der Waals surface area (Å²) in [4.78, 5) is 26.6. The van der Waals surface area contributed by atoms with Gasteiger partial charge in [0.25, 0.3) is 11.1 Å². The molecule has 1 N–H and O–H groups in total. The Balaban J connectivity index is 1.86. The highest BCUT2D eigenvalue weighted by Gasteiger charge is 2.18. The number of hydrogen-bond donors (Lipinski definition) is 1. The predicted octanol–water partition coefficient (Wildman–Crippen LogP) is 2.59. The van der Waals surface area contributed by atoms with Crippen LogP contribution in [-0.4, -0.2) is 24.4 Å². The second-order valence-corrected chi connectivity index (χ2v) is 7.09. The number of thioether (sulfide) groups is 1. The first-order valence-corrected chi connectivity index (χ1v) is 9.26. The first-order chi connectivity index (χ1) is 13.8. The van der Waals surface area contributed by atoms with Gasteiger partial charge in [0.15, 0.2) is 16.5 Å². The average molecular weight is 419 g/mol. The maximum Gasteiger partial charge on any atom is 0.285 e. The van der Waals surface area contributed by atoms with Crippen LogP contribution in [-0.2, 0) is 5.75 Å². The Morgan fingerprint density at radius 2 is 1.93 bits per heavy atom. The number of aromatic amines is 1. The lowest BCUT2D eigenvalue weighted by Crippen LogP contribution is -2.26. The third-order valence-electron chi connectivity index (χ3n) is 4.18. The van der Waals surface area contributed by atoms with Crippen molar-refractivity contribution in [3.8, 4) is 5.69 Å². The molecule has 0 unspecified atom stereocenters. The number of nitrogens with zero attached hydrogens (tertiary/aromatic N) is 4. The van der Waals surface area contributed by atoms with Crippen molar-refractivity contribution in [3.63, 3.8) is 0 Å². The molecule has 0 saturated carbocycles. The van der Waals surface area contributed by atoms with Gasteiger partial charge in [-0.15, -0.1) is 9.73 Å². The summed E-state index contributed by atoms with van der Waals surface area (Å²) in [6.07, 6.45) is 2.63. The monoisotopic (exact) mass is 419 g/mol. The number of halogens is 3. The number of aryl methyl sites for hydroxylation is 1. The largest absolute Gasteiger partial charge is 0.324 e. The standard InChI is InChI=1S/C18H12F3N5O2S/c1-9-6-23-26-15(9)17(28)25(12-5-14(21)16(27)22-7-12)18(24-26)29-8-10-2-3-11(19)4-13(10)20/h2-7H,8H2,1H3,(H,22,27). The molecular formula is C18H12F3N5O2S. The summed E-state index contributed by atoms with van der Waals surface area (Å²) in [6, 6.07) is 4.08. The zero-order chi connectivity index (χ0) is 20.7. The number of benzene rings is 1. The van der Waals surface area contributed by atoms with Crippen molar-refractivity contribution in [2.75, 3.05) is 0 Å². The number of pyridine rings is 1. The van der Waals surface area contributed by atoms with E-state index in [1.807, 2.05) is 0 Å². The van der Waals surface area contributed by atoms with E-state index in [1.54, 1.807) is 6.92 Å². The number of H-pyrrole nitrogens is 1. The van der Waals surface area contributed by atoms with Gasteiger partial charge in [0.2, 0.25) is 0 Å². The van der Waals surface area contributed by atoms with Gasteiger partial charge in [0.1, 0.15) is 11.6 Å². The fourth-order valence-electron chi connectivity index (χ4n) is 2.74. The molecule has 0 atom stereocenters. The van der Waals surface area contributed by atoms with Crippen LogP contribution in [0, 0.1) is 24.4 Å². The summed E-state index contributed by atoms with van der Waals surface area (Å²) in [5.74, 6) is -2.49. The number of rotatable bonds is 4. The molecule has 0 aliphatic heterocycles. The van der Waals surface area contributed by atoms with Gasteiger partial charge < -0.3 is 4.98 Å². The van der Waals surface area contributed by atoms with E-state index < -0.39 is 28.6 Å². The SMILES string of the molecule is Cc1cnn2nc(SCc3ccc(F)cc3F)n(-c3c[nH]c(=O)c(F)c3)c(=O)c12. The van der Waals surface area contributed by atoms with Gasteiger partial charge in [-0.1, -0.05) is 17.8 Å². The van der Waals surface area contributed by atoms with E-state index in [0.717, 1.165) is 39.2 Å². The van der Waals surface area contributed by atoms with Crippen LogP contribution in [0.2, 0.25) is 0 Å². The Labute approximate surface area is 164 Å². The van der Waals surface area contributed by atoms with E-state index >= 15 is 0 Å². The van der Waals surface area contributed by atoms with Crippen LogP contribution in [0.15, 0.2) is 51.4 Å². The van der Waals surface area contributed by atoms with E-state index in [1.165, 1.54) is 18.5 Å². The summed E-state index contributed by atoms with van der Waals surface area (Å²) in [6.45, 7) is 1.67. The minimum atomic E-state index is -1.07. The summed E-state index contributed by atoms with van der Waals surface area (Å²) in [5.41, 5.74) is -0.495. The lowest BCUT2D eigenvalue weighted by atomic mass is 10.2. The van der Waals surface area contributed by atoms with Gasteiger partial charge in [-0.05, 0) is 18.6 Å². The Morgan fingerprint density at radius 1 is 1.14 bits per heavy atom. The minimum absolute atomic E-state index is 0.0240. The van der Waals surface area contributed by atoms with Crippen LogP contribution in [0.3, 0.4) is 0 Å². The smallest absolute Gasteiger partial charge is 0.285 e. The van der Waals surface area contributed by atoms with Gasteiger partial charge in [-0.2, -0.15) is 5.10 Å². The Kier molecular flexibility index (Phi) is 4.74. The van der Waals surface area contributed by atoms with Gasteiger partial charge in [0, 0.05) is 29.6 Å². The van der Waals surface area contributed by atoms with Gasteiger partial charge in [-0.3, -0.25) is 14.2 Å². The molecule has 0 spiro atoms. The number of nitrogens with one attached hydrogen (secondary N) is 1. The maximum absolute atomic E-state index is 14.0. The molecule has 0 amide bonds. The highest BCUT2D eigenvalue weighted by molar-refractivity contribution is 7.98. The van der Waals surface area contributed by atoms with E-state index in [4.69, 9.17) is 0 Å². The molecule has 3 aromatic heterocycles. The highest BCUT2D eigenvalue weighted by Crippen LogP contribution is 2.24. The van der Waals surface area contributed by atoms with Crippen LogP contribution >= 0.6 is 11.8 Å². The number of fused-ring (bicyclic) bond motifs is 1. The third kappa shape index (κ3) is 3.44. The van der Waals surface area contributed by atoms with Crippen LogP contribution in [0.5, 0.6) is 0 Å². The van der Waals surface area contributed by atoms with Crippen LogP contribution in [0.4, 0.5) is 13.2 Å². The molecule has 7 nitrogen and oxygen atoms in total. The summed E-state index contributed by atoms with van der Waals surface area (Å²) in [5, 5.41) is 8.37. The van der Waals surface area contributed by atoms with Crippen molar-refractivity contribution in [1.82, 2.24) is 24.4 Å². The molecule has 148 valence electrons. The van der Waals surface area contributed by atoms with Gasteiger partial charge in [-0.25, -0.2) is 13.2 Å². The number of aromatic nitrogens is 5. The fraction of sp³-hybridized carbons (Fsp3) is 0.111. The van der Waals surface area contributed by atoms with E-state index in [-0.39, 0.29) is 27.7 Å². The van der Waals surface area contributed by atoms with E-state index in [0.29, 0.717) is 5.56 Å². The van der Waals surface area contributed by atoms with Gasteiger partial charge in [0.05, 0.1) is 11.9 Å². The first kappa shape index (κ1) is 19.0. The first-order valence-electron chi connectivity index (χ1n) is 8.28. The lowest BCUT2D eigenvalue weighted by molar-refractivity contribution is 0.576. The molecule has 0 bridgehead atoms. The molecule has 11 heteroatoms. The molecule has 0 aliphatic carbocycles. The molecule has 3 heterocycles. The average Bonchev–Trinajstić information content (AvgIpc) is 3.04. The molecule has 0 fully saturated rings. The molecular weight excluding hydrogens is 407 g/mol. The topological polar surface area (TPSA) is 85.1 Å². The van der Waals surface area contributed by atoms with Crippen LogP contribution in [0.25, 0.3) is 11.2 Å². The van der Waals surface area contributed by atoms with Crippen molar-refractivity contribution in [3.05, 3.63) is 85.9 Å². The van der Waals surface area contributed by atoms with Crippen molar-refractivity contribution in [1.29, 1.82) is 0 Å². The van der Waals surface area contributed by atoms with Crippen molar-refractivity contribution < 1.29 is 13.2 Å². The maximum atomic E-state index is 14.0. The molecule has 4 aromatic rings. The predicted molar refractivity (Wildman–Crippen MR) is 99.8 cm³/mol. The Hall–Kier alpha value is -3.34. The van der Waals surface area contributed by atoms with Crippen molar-refractivity contribution in [2.45, 2.75) is 17.8 Å². The number of hydrogen-bond acceptors (Lipinski definition) is 5. The fourth-order valence-corrected chi connectivity index (χ4v) is 3.71. The molecule has 29 heavy (non-hydrogen) atoms. The minimum Gasteiger partial charge on any atom is -0.324 e. The molecule has 0 radical (unpaired) electrons. The Morgan fingerprint density at radius 3 is 2.66 bits per heavy atom. The zero-order valence-electron chi connectivity index (χ0n) is 14.8. The second-order valence-electron chi connectivity index (χ2n) is 6.15. The normalized spacial score (nSPS) is 11.3. The Bertz CT molecular complexity index is 1360. The summed E-state index contributed by atoms with van der Waals surface area (Å²) in [7, 11) is 0. The van der Waals surface area contributed by atoms with Gasteiger partial charge >= 0.3 is 0 Å². The quantitative estimate of drug-likeness (QED) is 0.514. The molecule has 4 rings (SSSR count). The van der Waals surface area contributed by atoms with E-state index in [9.17, 15) is 22.8 Å². The highest BCUT2D eigenvalue weighted by atomic mass is 32.2. The lowest BCUT2D eigenvalue weighted by Gasteiger charge is -2.12. The summed E-state index contributed by atoms with van der Waals surface area (Å²) >= 11 is 0.977. The van der Waals surface area contributed by atoms with Crippen LogP contribution < -0.4 is 11.1 Å².